The lowest BCUT2D eigenvalue weighted by atomic mass is 10.0. The molecule has 0 bridgehead atoms. The van der Waals surface area contributed by atoms with Crippen molar-refractivity contribution in [3.63, 3.8) is 0 Å². The van der Waals surface area contributed by atoms with Gasteiger partial charge in [0.1, 0.15) is 32.5 Å². The van der Waals surface area contributed by atoms with Gasteiger partial charge >= 0.3 is 0 Å². The standard InChI is InChI=1S/C32H22Cl2N6O8S2/c33-19-13-15(1-7-23(19)37-39-25-9-3-17-27(49(43,44)45)11-5-21(35)29(17)31(25)41)16-2-8-24(20(34)14-16)38-40-26-10-4-18-28(50(46,47)48)12-6-22(36)30(18)32(26)42/h1-14,41-42H,35-36H2,(H,43,44,45)(H,46,47,48)/b39-37+,40-38+. The molecule has 6 aromatic carbocycles. The van der Waals surface area contributed by atoms with Gasteiger partial charge in [0.05, 0.1) is 20.8 Å². The molecule has 0 unspecified atom stereocenters. The van der Waals surface area contributed by atoms with Crippen LogP contribution in [0.3, 0.4) is 0 Å². The average molecular weight is 754 g/mol. The van der Waals surface area contributed by atoms with Crippen LogP contribution in [0.1, 0.15) is 0 Å². The van der Waals surface area contributed by atoms with Crippen LogP contribution in [-0.2, 0) is 20.2 Å². The fourth-order valence-corrected chi connectivity index (χ4v) is 7.01. The molecule has 0 spiro atoms. The number of azo groups is 2. The molecule has 0 aliphatic carbocycles. The number of hydrogen-bond acceptors (Lipinski definition) is 12. The fourth-order valence-electron chi connectivity index (χ4n) is 5.19. The number of aromatic hydroxyl groups is 2. The summed E-state index contributed by atoms with van der Waals surface area (Å²) in [6.07, 6.45) is 0. The van der Waals surface area contributed by atoms with Gasteiger partial charge in [0.25, 0.3) is 20.2 Å². The molecule has 0 amide bonds. The number of nitrogens with two attached hydrogens (primary N) is 2. The maximum absolute atomic E-state index is 11.8. The van der Waals surface area contributed by atoms with Gasteiger partial charge in [-0.05, 0) is 71.8 Å². The second-order valence-electron chi connectivity index (χ2n) is 10.7. The number of hydrogen-bond donors (Lipinski definition) is 6. The molecule has 0 saturated heterocycles. The van der Waals surface area contributed by atoms with Crippen molar-refractivity contribution in [3.8, 4) is 22.6 Å². The molecule has 0 aliphatic rings. The van der Waals surface area contributed by atoms with Crippen LogP contribution in [0.2, 0.25) is 10.0 Å². The molecule has 0 atom stereocenters. The minimum Gasteiger partial charge on any atom is -0.505 e. The van der Waals surface area contributed by atoms with Crippen LogP contribution in [0.4, 0.5) is 34.1 Å². The molecule has 254 valence electrons. The third kappa shape index (κ3) is 6.50. The van der Waals surface area contributed by atoms with E-state index in [1.807, 2.05) is 0 Å². The van der Waals surface area contributed by atoms with Crippen molar-refractivity contribution in [3.05, 3.63) is 95.0 Å². The number of rotatable bonds is 7. The highest BCUT2D eigenvalue weighted by molar-refractivity contribution is 7.86. The Morgan fingerprint density at radius 3 is 1.18 bits per heavy atom. The van der Waals surface area contributed by atoms with E-state index in [2.05, 4.69) is 20.5 Å². The van der Waals surface area contributed by atoms with Crippen LogP contribution in [0, 0.1) is 0 Å². The lowest BCUT2D eigenvalue weighted by Gasteiger charge is -2.10. The van der Waals surface area contributed by atoms with Crippen molar-refractivity contribution in [1.29, 1.82) is 0 Å². The summed E-state index contributed by atoms with van der Waals surface area (Å²) in [4.78, 5) is -0.853. The molecule has 14 nitrogen and oxygen atoms in total. The summed E-state index contributed by atoms with van der Waals surface area (Å²) in [5.41, 5.74) is 13.8. The molecule has 0 heterocycles. The molecule has 8 N–H and O–H groups in total. The zero-order valence-corrected chi connectivity index (χ0v) is 28.2. The second-order valence-corrected chi connectivity index (χ2v) is 14.3. The number of fused-ring (bicyclic) bond motifs is 2. The lowest BCUT2D eigenvalue weighted by Crippen LogP contribution is -2.00. The minimum absolute atomic E-state index is 0.00590. The van der Waals surface area contributed by atoms with E-state index < -0.39 is 41.5 Å². The molecule has 0 aliphatic heterocycles. The average Bonchev–Trinajstić information content (AvgIpc) is 3.04. The van der Waals surface area contributed by atoms with Gasteiger partial charge in [-0.2, -0.15) is 16.8 Å². The first-order valence-electron chi connectivity index (χ1n) is 14.0. The van der Waals surface area contributed by atoms with Crippen LogP contribution in [-0.4, -0.2) is 36.2 Å². The summed E-state index contributed by atoms with van der Waals surface area (Å²) in [7, 11) is -9.18. The number of nitrogen functional groups attached to an aromatic ring is 2. The molecule has 0 saturated carbocycles. The van der Waals surface area contributed by atoms with Crippen LogP contribution in [0.5, 0.6) is 11.5 Å². The molecule has 0 radical (unpaired) electrons. The Balaban J connectivity index is 1.25. The van der Waals surface area contributed by atoms with E-state index in [-0.39, 0.29) is 65.7 Å². The quantitative estimate of drug-likeness (QED) is 0.0513. The normalized spacial score (nSPS) is 12.5. The number of phenols is 2. The van der Waals surface area contributed by atoms with Crippen molar-refractivity contribution in [2.45, 2.75) is 9.79 Å². The largest absolute Gasteiger partial charge is 0.505 e. The highest BCUT2D eigenvalue weighted by Crippen LogP contribution is 2.43. The fraction of sp³-hybridized carbons (Fsp3) is 0. The topological polar surface area (TPSA) is 251 Å². The minimum atomic E-state index is -4.59. The highest BCUT2D eigenvalue weighted by Gasteiger charge is 2.20. The Bertz CT molecular complexity index is 2500. The number of nitrogens with zero attached hydrogens (tertiary/aromatic N) is 4. The van der Waals surface area contributed by atoms with E-state index in [0.717, 1.165) is 12.1 Å². The van der Waals surface area contributed by atoms with Gasteiger partial charge in [-0.1, -0.05) is 47.5 Å². The third-order valence-electron chi connectivity index (χ3n) is 7.57. The van der Waals surface area contributed by atoms with Crippen LogP contribution in [0.15, 0.2) is 115 Å². The Labute approximate surface area is 293 Å². The highest BCUT2D eigenvalue weighted by atomic mass is 35.5. The number of anilines is 2. The van der Waals surface area contributed by atoms with Gasteiger partial charge < -0.3 is 21.7 Å². The van der Waals surface area contributed by atoms with E-state index in [0.29, 0.717) is 11.1 Å². The molecule has 50 heavy (non-hydrogen) atoms. The molecule has 0 aromatic heterocycles. The molecule has 6 aromatic rings. The predicted octanol–water partition coefficient (Wildman–Crippen LogP) is 8.87. The Morgan fingerprint density at radius 1 is 0.500 bits per heavy atom. The summed E-state index contributed by atoms with van der Waals surface area (Å²) in [5.74, 6) is -0.889. The van der Waals surface area contributed by atoms with Crippen LogP contribution in [0.25, 0.3) is 32.7 Å². The van der Waals surface area contributed by atoms with E-state index in [1.165, 1.54) is 36.4 Å². The summed E-state index contributed by atoms with van der Waals surface area (Å²) in [6.45, 7) is 0. The van der Waals surface area contributed by atoms with Gasteiger partial charge in [-0.15, -0.1) is 20.5 Å². The van der Waals surface area contributed by atoms with Gasteiger partial charge in [0.2, 0.25) is 0 Å². The van der Waals surface area contributed by atoms with E-state index >= 15 is 0 Å². The zero-order valence-electron chi connectivity index (χ0n) is 25.0. The van der Waals surface area contributed by atoms with E-state index in [4.69, 9.17) is 34.7 Å². The summed E-state index contributed by atoms with van der Waals surface area (Å²) >= 11 is 13.0. The Kier molecular flexibility index (Phi) is 8.85. The maximum Gasteiger partial charge on any atom is 0.295 e. The van der Waals surface area contributed by atoms with E-state index in [1.54, 1.807) is 36.4 Å². The number of benzene rings is 6. The Hall–Kier alpha value is -5.36. The lowest BCUT2D eigenvalue weighted by molar-refractivity contribution is 0.480. The maximum atomic E-state index is 11.8. The van der Waals surface area contributed by atoms with Crippen LogP contribution < -0.4 is 11.5 Å². The van der Waals surface area contributed by atoms with Crippen molar-refractivity contribution >= 4 is 99.1 Å². The SMILES string of the molecule is Nc1ccc(S(=O)(=O)O)c2ccc(/N=N/c3ccc(-c4ccc(/N=N/c5ccc6c(S(=O)(=O)O)ccc(N)c6c5O)c(Cl)c4)cc3Cl)c(O)c12. The van der Waals surface area contributed by atoms with Gasteiger partial charge in [0.15, 0.2) is 11.5 Å². The van der Waals surface area contributed by atoms with Gasteiger partial charge in [-0.25, -0.2) is 0 Å². The smallest absolute Gasteiger partial charge is 0.295 e. The number of halogens is 2. The van der Waals surface area contributed by atoms with Crippen molar-refractivity contribution < 1.29 is 36.2 Å². The summed E-state index contributed by atoms with van der Waals surface area (Å²) < 4.78 is 66.1. The van der Waals surface area contributed by atoms with Crippen molar-refractivity contribution in [2.24, 2.45) is 20.5 Å². The molecular formula is C32H22Cl2N6O8S2. The van der Waals surface area contributed by atoms with Crippen molar-refractivity contribution in [2.75, 3.05) is 11.5 Å². The molecule has 18 heteroatoms. The summed E-state index contributed by atoms with van der Waals surface area (Å²) in [6, 6.07) is 19.8. The molecule has 0 fully saturated rings. The predicted molar refractivity (Wildman–Crippen MR) is 190 cm³/mol. The van der Waals surface area contributed by atoms with Crippen molar-refractivity contribution in [1.82, 2.24) is 0 Å². The number of phenolic OH excluding ortho intramolecular Hbond substituents is 2. The monoisotopic (exact) mass is 752 g/mol. The first-order chi connectivity index (χ1) is 23.5. The van der Waals surface area contributed by atoms with Gasteiger partial charge in [-0.3, -0.25) is 9.11 Å². The first kappa shape index (κ1) is 34.5. The molecular weight excluding hydrogens is 731 g/mol. The second kappa shape index (κ2) is 12.8. The zero-order chi connectivity index (χ0) is 36.1. The van der Waals surface area contributed by atoms with Gasteiger partial charge in [0, 0.05) is 22.1 Å². The first-order valence-corrected chi connectivity index (χ1v) is 17.6. The Morgan fingerprint density at radius 2 is 0.840 bits per heavy atom. The third-order valence-corrected chi connectivity index (χ3v) is 9.99. The summed E-state index contributed by atoms with van der Waals surface area (Å²) in [5, 5.41) is 38.3. The van der Waals surface area contributed by atoms with E-state index in [9.17, 15) is 36.2 Å². The van der Waals surface area contributed by atoms with Crippen LogP contribution >= 0.6 is 23.2 Å². The molecule has 6 rings (SSSR count).